The zero-order valence-corrected chi connectivity index (χ0v) is 8.66. The molecule has 0 aliphatic heterocycles. The molecule has 0 aromatic heterocycles. The maximum absolute atomic E-state index is 12.9. The summed E-state index contributed by atoms with van der Waals surface area (Å²) in [4.78, 5) is 11.9. The Morgan fingerprint density at radius 3 is 3.07 bits per heavy atom. The summed E-state index contributed by atoms with van der Waals surface area (Å²) < 4.78 is 12.9. The van der Waals surface area contributed by atoms with Gasteiger partial charge in [-0.15, -0.1) is 0 Å². The van der Waals surface area contributed by atoms with Crippen LogP contribution in [0.5, 0.6) is 0 Å². The highest BCUT2D eigenvalue weighted by Gasteiger charge is 2.29. The van der Waals surface area contributed by atoms with E-state index in [-0.39, 0.29) is 17.5 Å². The predicted octanol–water partition coefficient (Wildman–Crippen LogP) is 3.15. The van der Waals surface area contributed by atoms with E-state index >= 15 is 0 Å². The first-order valence-electron chi connectivity index (χ1n) is 5.16. The fraction of sp³-hybridized carbons (Fsp3) is 0.308. The van der Waals surface area contributed by atoms with E-state index in [9.17, 15) is 9.18 Å². The highest BCUT2D eigenvalue weighted by molar-refractivity contribution is 6.02. The van der Waals surface area contributed by atoms with E-state index in [2.05, 4.69) is 0 Å². The smallest absolute Gasteiger partial charge is 0.166 e. The molecule has 2 rings (SSSR count). The van der Waals surface area contributed by atoms with Crippen LogP contribution < -0.4 is 0 Å². The van der Waals surface area contributed by atoms with Crippen molar-refractivity contribution in [2.45, 2.75) is 19.8 Å². The lowest BCUT2D eigenvalue weighted by Gasteiger charge is -2.01. The first-order chi connectivity index (χ1) is 7.22. The first kappa shape index (κ1) is 10.1. The van der Waals surface area contributed by atoms with Crippen LogP contribution in [0, 0.1) is 11.7 Å². The SMILES string of the molecule is CC=CC[C@H]1Cc2ccc(F)cc2C1=O. The fourth-order valence-corrected chi connectivity index (χ4v) is 2.02. The van der Waals surface area contributed by atoms with Gasteiger partial charge in [0.15, 0.2) is 5.78 Å². The molecule has 0 amide bonds. The molecule has 78 valence electrons. The van der Waals surface area contributed by atoms with Crippen LogP contribution in [-0.4, -0.2) is 5.78 Å². The average Bonchev–Trinajstić information content (AvgIpc) is 2.53. The Morgan fingerprint density at radius 2 is 2.33 bits per heavy atom. The van der Waals surface area contributed by atoms with Crippen molar-refractivity contribution in [1.82, 2.24) is 0 Å². The molecule has 1 aliphatic rings. The summed E-state index contributed by atoms with van der Waals surface area (Å²) in [7, 11) is 0. The van der Waals surface area contributed by atoms with Crippen molar-refractivity contribution in [1.29, 1.82) is 0 Å². The molecule has 2 heteroatoms. The van der Waals surface area contributed by atoms with Crippen molar-refractivity contribution in [2.24, 2.45) is 5.92 Å². The number of ketones is 1. The number of hydrogen-bond acceptors (Lipinski definition) is 1. The Bertz CT molecular complexity index is 421. The number of Topliss-reactive ketones (excluding diaryl/α,β-unsaturated/α-hetero) is 1. The standard InChI is InChI=1S/C13H13FO/c1-2-3-4-10-7-9-5-6-11(14)8-12(9)13(10)15/h2-3,5-6,8,10H,4,7H2,1H3/t10-/m0/s1. The van der Waals surface area contributed by atoms with E-state index in [1.54, 1.807) is 6.07 Å². The van der Waals surface area contributed by atoms with E-state index in [0.717, 1.165) is 18.4 Å². The Kier molecular flexibility index (Phi) is 2.67. The van der Waals surface area contributed by atoms with Crippen molar-refractivity contribution < 1.29 is 9.18 Å². The molecule has 1 atom stereocenters. The van der Waals surface area contributed by atoms with Gasteiger partial charge in [0.2, 0.25) is 0 Å². The number of allylic oxidation sites excluding steroid dienone is 2. The van der Waals surface area contributed by atoms with Crippen molar-refractivity contribution >= 4 is 5.78 Å². The van der Waals surface area contributed by atoms with Gasteiger partial charge in [-0.3, -0.25) is 4.79 Å². The van der Waals surface area contributed by atoms with Gasteiger partial charge >= 0.3 is 0 Å². The molecule has 0 bridgehead atoms. The highest BCUT2D eigenvalue weighted by atomic mass is 19.1. The largest absolute Gasteiger partial charge is 0.294 e. The molecule has 15 heavy (non-hydrogen) atoms. The summed E-state index contributed by atoms with van der Waals surface area (Å²) in [6, 6.07) is 4.50. The monoisotopic (exact) mass is 204 g/mol. The molecule has 0 unspecified atom stereocenters. The Balaban J connectivity index is 2.25. The number of rotatable bonds is 2. The number of carbonyl (C=O) groups is 1. The third-order valence-electron chi connectivity index (χ3n) is 2.83. The lowest BCUT2D eigenvalue weighted by molar-refractivity contribution is 0.0937. The molecule has 1 aromatic carbocycles. The summed E-state index contributed by atoms with van der Waals surface area (Å²) in [5, 5.41) is 0. The van der Waals surface area contributed by atoms with Crippen LogP contribution in [-0.2, 0) is 6.42 Å². The van der Waals surface area contributed by atoms with E-state index in [1.165, 1.54) is 12.1 Å². The van der Waals surface area contributed by atoms with Gasteiger partial charge in [-0.05, 0) is 37.5 Å². The Labute approximate surface area is 88.6 Å². The number of benzene rings is 1. The topological polar surface area (TPSA) is 17.1 Å². The van der Waals surface area contributed by atoms with Gasteiger partial charge in [-0.1, -0.05) is 18.2 Å². The quantitative estimate of drug-likeness (QED) is 0.676. The first-order valence-corrected chi connectivity index (χ1v) is 5.16. The van der Waals surface area contributed by atoms with Gasteiger partial charge in [-0.25, -0.2) is 4.39 Å². The summed E-state index contributed by atoms with van der Waals surface area (Å²) in [6.45, 7) is 1.94. The van der Waals surface area contributed by atoms with Crippen LogP contribution in [0.4, 0.5) is 4.39 Å². The van der Waals surface area contributed by atoms with Gasteiger partial charge in [0, 0.05) is 11.5 Å². The van der Waals surface area contributed by atoms with Gasteiger partial charge in [0.25, 0.3) is 0 Å². The summed E-state index contributed by atoms with van der Waals surface area (Å²) in [5.41, 5.74) is 1.56. The zero-order chi connectivity index (χ0) is 10.8. The second-order valence-electron chi connectivity index (χ2n) is 3.87. The van der Waals surface area contributed by atoms with Crippen molar-refractivity contribution in [3.05, 3.63) is 47.3 Å². The second kappa shape index (κ2) is 3.97. The van der Waals surface area contributed by atoms with E-state index in [1.807, 2.05) is 19.1 Å². The minimum absolute atomic E-state index is 0.0120. The van der Waals surface area contributed by atoms with Crippen LogP contribution in [0.25, 0.3) is 0 Å². The number of fused-ring (bicyclic) bond motifs is 1. The summed E-state index contributed by atoms with van der Waals surface area (Å²) in [6.07, 6.45) is 5.44. The second-order valence-corrected chi connectivity index (χ2v) is 3.87. The Hall–Kier alpha value is -1.44. The number of hydrogen-bond donors (Lipinski definition) is 0. The molecule has 1 aliphatic carbocycles. The van der Waals surface area contributed by atoms with E-state index in [4.69, 9.17) is 0 Å². The minimum atomic E-state index is -0.325. The van der Waals surface area contributed by atoms with Crippen molar-refractivity contribution in [3.63, 3.8) is 0 Å². The van der Waals surface area contributed by atoms with Gasteiger partial charge < -0.3 is 0 Å². The van der Waals surface area contributed by atoms with Crippen LogP contribution in [0.15, 0.2) is 30.4 Å². The molecule has 1 nitrogen and oxygen atoms in total. The molecular formula is C13H13FO. The molecule has 0 saturated heterocycles. The maximum atomic E-state index is 12.9. The molecule has 0 N–H and O–H groups in total. The van der Waals surface area contributed by atoms with Crippen LogP contribution >= 0.6 is 0 Å². The molecule has 0 saturated carbocycles. The molecule has 0 radical (unpaired) electrons. The molecular weight excluding hydrogens is 191 g/mol. The van der Waals surface area contributed by atoms with E-state index in [0.29, 0.717) is 5.56 Å². The molecule has 1 aromatic rings. The van der Waals surface area contributed by atoms with E-state index < -0.39 is 0 Å². The predicted molar refractivity (Wildman–Crippen MR) is 57.4 cm³/mol. The molecule has 0 fully saturated rings. The van der Waals surface area contributed by atoms with Gasteiger partial charge in [0.05, 0.1) is 0 Å². The lowest BCUT2D eigenvalue weighted by Crippen LogP contribution is -2.07. The summed E-state index contributed by atoms with van der Waals surface area (Å²) >= 11 is 0. The van der Waals surface area contributed by atoms with Crippen molar-refractivity contribution in [3.8, 4) is 0 Å². The average molecular weight is 204 g/mol. The molecule has 0 spiro atoms. The normalized spacial score (nSPS) is 19.9. The highest BCUT2D eigenvalue weighted by Crippen LogP contribution is 2.29. The van der Waals surface area contributed by atoms with Crippen LogP contribution in [0.1, 0.15) is 29.3 Å². The maximum Gasteiger partial charge on any atom is 0.166 e. The van der Waals surface area contributed by atoms with Gasteiger partial charge in [0.1, 0.15) is 5.82 Å². The van der Waals surface area contributed by atoms with Gasteiger partial charge in [-0.2, -0.15) is 0 Å². The molecule has 0 heterocycles. The summed E-state index contributed by atoms with van der Waals surface area (Å²) in [5.74, 6) is -0.227. The van der Waals surface area contributed by atoms with Crippen LogP contribution in [0.2, 0.25) is 0 Å². The third kappa shape index (κ3) is 1.84. The third-order valence-corrected chi connectivity index (χ3v) is 2.83. The number of halogens is 1. The number of carbonyl (C=O) groups excluding carboxylic acids is 1. The Morgan fingerprint density at radius 1 is 1.53 bits per heavy atom. The minimum Gasteiger partial charge on any atom is -0.294 e. The fourth-order valence-electron chi connectivity index (χ4n) is 2.02. The zero-order valence-electron chi connectivity index (χ0n) is 8.66. The van der Waals surface area contributed by atoms with Crippen LogP contribution in [0.3, 0.4) is 0 Å². The van der Waals surface area contributed by atoms with Crippen molar-refractivity contribution in [2.75, 3.05) is 0 Å². The lowest BCUT2D eigenvalue weighted by atomic mass is 10.0.